The average Bonchev–Trinajstić information content (AvgIpc) is 3.20. The highest BCUT2D eigenvalue weighted by Crippen LogP contribution is 2.36. The normalized spacial score (nSPS) is 17.0. The van der Waals surface area contributed by atoms with Gasteiger partial charge in [0.1, 0.15) is 0 Å². The van der Waals surface area contributed by atoms with Crippen LogP contribution in [0.5, 0.6) is 0 Å². The number of rotatable bonds is 3. The summed E-state index contributed by atoms with van der Waals surface area (Å²) in [4.78, 5) is 4.46. The zero-order valence-corrected chi connectivity index (χ0v) is 15.4. The minimum absolute atomic E-state index is 0.169. The molecule has 4 rings (SSSR count). The van der Waals surface area contributed by atoms with Crippen molar-refractivity contribution in [1.82, 2.24) is 20.2 Å². The van der Waals surface area contributed by atoms with Gasteiger partial charge in [0, 0.05) is 17.5 Å². The third kappa shape index (κ3) is 3.03. The first kappa shape index (κ1) is 16.2. The minimum atomic E-state index is -0.169. The van der Waals surface area contributed by atoms with Gasteiger partial charge in [0.15, 0.2) is 11.3 Å². The average molecular weight is 368 g/mol. The number of aliphatic imine (C=N–C) groups is 1. The smallest absolute Gasteiger partial charge is 0.176 e. The number of hydrogen-bond donors (Lipinski definition) is 1. The van der Waals surface area contributed by atoms with E-state index in [1.54, 1.807) is 16.6 Å². The van der Waals surface area contributed by atoms with Crippen molar-refractivity contribution in [2.24, 2.45) is 4.99 Å². The lowest BCUT2D eigenvalue weighted by Gasteiger charge is -2.21. The molecule has 126 valence electrons. The Morgan fingerprint density at radius 3 is 2.64 bits per heavy atom. The fourth-order valence-electron chi connectivity index (χ4n) is 2.78. The van der Waals surface area contributed by atoms with Crippen molar-refractivity contribution in [3.63, 3.8) is 0 Å². The summed E-state index contributed by atoms with van der Waals surface area (Å²) in [5, 5.41) is 12.9. The van der Waals surface area contributed by atoms with Gasteiger partial charge < -0.3 is 0 Å². The molecule has 0 saturated carbocycles. The predicted molar refractivity (Wildman–Crippen MR) is 105 cm³/mol. The second kappa shape index (κ2) is 6.53. The number of tetrazole rings is 1. The van der Waals surface area contributed by atoms with Crippen LogP contribution < -0.4 is 4.31 Å². The molecule has 0 fully saturated rings. The Kier molecular flexibility index (Phi) is 4.22. The Hall–Kier alpha value is -2.32. The maximum atomic E-state index is 4.55. The van der Waals surface area contributed by atoms with Crippen molar-refractivity contribution >= 4 is 35.3 Å². The molecule has 1 unspecified atom stereocenters. The molecule has 1 atom stereocenters. The number of hydrogen-bond acceptors (Lipinski definition) is 7. The molecule has 3 aromatic rings. The molecular weight excluding hydrogens is 352 g/mol. The van der Waals surface area contributed by atoms with E-state index < -0.39 is 0 Å². The van der Waals surface area contributed by atoms with E-state index in [-0.39, 0.29) is 5.50 Å². The van der Waals surface area contributed by atoms with Crippen LogP contribution in [-0.2, 0) is 0 Å². The molecule has 0 bridgehead atoms. The van der Waals surface area contributed by atoms with Gasteiger partial charge >= 0.3 is 0 Å². The van der Waals surface area contributed by atoms with Gasteiger partial charge in [-0.25, -0.2) is 4.99 Å². The van der Waals surface area contributed by atoms with E-state index in [9.17, 15) is 0 Å². The molecule has 1 aliphatic rings. The zero-order chi connectivity index (χ0) is 17.4. The Morgan fingerprint density at radius 1 is 1.08 bits per heavy atom. The van der Waals surface area contributed by atoms with Crippen LogP contribution >= 0.6 is 24.6 Å². The van der Waals surface area contributed by atoms with E-state index in [0.717, 1.165) is 33.4 Å². The lowest BCUT2D eigenvalue weighted by Crippen LogP contribution is -2.17. The van der Waals surface area contributed by atoms with Crippen LogP contribution in [0.25, 0.3) is 16.8 Å². The van der Waals surface area contributed by atoms with Gasteiger partial charge in [0.25, 0.3) is 0 Å². The summed E-state index contributed by atoms with van der Waals surface area (Å²) in [6, 6.07) is 16.4. The summed E-state index contributed by atoms with van der Waals surface area (Å²) in [7, 11) is 0. The predicted octanol–water partition coefficient (Wildman–Crippen LogP) is 3.74. The molecule has 0 saturated heterocycles. The van der Waals surface area contributed by atoms with Crippen molar-refractivity contribution in [2.75, 3.05) is 4.31 Å². The third-order valence-electron chi connectivity index (χ3n) is 3.91. The number of thiol groups is 1. The molecule has 8 heteroatoms. The van der Waals surface area contributed by atoms with Gasteiger partial charge in [-0.05, 0) is 48.0 Å². The number of benzene rings is 2. The zero-order valence-electron chi connectivity index (χ0n) is 13.7. The standard InChI is InChI=1S/C17H16N6S2/c1-11-19-20-21-22(11)16-9-4-3-8-15(16)13-6-5-7-14(10-13)23-17(24)18-12(2)25-23/h3-10,17,24H,1-2H3. The van der Waals surface area contributed by atoms with E-state index >= 15 is 0 Å². The highest BCUT2D eigenvalue weighted by atomic mass is 32.2. The highest BCUT2D eigenvalue weighted by Gasteiger charge is 2.23. The summed E-state index contributed by atoms with van der Waals surface area (Å²) >= 11 is 6.15. The minimum Gasteiger partial charge on any atom is -0.278 e. The summed E-state index contributed by atoms with van der Waals surface area (Å²) in [5.74, 6) is 0.748. The van der Waals surface area contributed by atoms with Crippen LogP contribution in [0.1, 0.15) is 12.7 Å². The van der Waals surface area contributed by atoms with Crippen molar-refractivity contribution < 1.29 is 0 Å². The van der Waals surface area contributed by atoms with Gasteiger partial charge in [-0.1, -0.05) is 30.3 Å². The van der Waals surface area contributed by atoms with Crippen LogP contribution in [0.4, 0.5) is 5.69 Å². The number of nitrogens with zero attached hydrogens (tertiary/aromatic N) is 6. The molecule has 1 aromatic heterocycles. The Morgan fingerprint density at radius 2 is 1.92 bits per heavy atom. The number of aromatic nitrogens is 4. The van der Waals surface area contributed by atoms with Crippen LogP contribution in [0.2, 0.25) is 0 Å². The molecule has 0 N–H and O–H groups in total. The fourth-order valence-corrected chi connectivity index (χ4v) is 4.10. The third-order valence-corrected chi connectivity index (χ3v) is 5.39. The molecule has 0 radical (unpaired) electrons. The summed E-state index contributed by atoms with van der Waals surface area (Å²) in [6.07, 6.45) is 0. The number of aryl methyl sites for hydroxylation is 1. The van der Waals surface area contributed by atoms with E-state index in [1.165, 1.54) is 0 Å². The van der Waals surface area contributed by atoms with E-state index in [2.05, 4.69) is 61.7 Å². The molecule has 1 aliphatic heterocycles. The summed E-state index contributed by atoms with van der Waals surface area (Å²) < 4.78 is 3.84. The first-order valence-corrected chi connectivity index (χ1v) is 9.07. The van der Waals surface area contributed by atoms with Crippen molar-refractivity contribution in [1.29, 1.82) is 0 Å². The Balaban J connectivity index is 1.77. The van der Waals surface area contributed by atoms with Crippen LogP contribution in [-0.4, -0.2) is 30.7 Å². The quantitative estimate of drug-likeness (QED) is 0.564. The molecule has 2 heterocycles. The lowest BCUT2D eigenvalue weighted by atomic mass is 10.0. The van der Waals surface area contributed by atoms with Gasteiger partial charge in [0.05, 0.1) is 16.4 Å². The fraction of sp³-hybridized carbons (Fsp3) is 0.176. The van der Waals surface area contributed by atoms with Gasteiger partial charge in [-0.2, -0.15) is 4.68 Å². The molecule has 25 heavy (non-hydrogen) atoms. The van der Waals surface area contributed by atoms with Crippen molar-refractivity contribution in [3.05, 3.63) is 54.4 Å². The largest absolute Gasteiger partial charge is 0.278 e. The number of anilines is 1. The van der Waals surface area contributed by atoms with Crippen LogP contribution in [0, 0.1) is 6.92 Å². The van der Waals surface area contributed by atoms with E-state index in [0.29, 0.717) is 0 Å². The van der Waals surface area contributed by atoms with Crippen LogP contribution in [0.3, 0.4) is 0 Å². The Bertz CT molecular complexity index is 952. The second-order valence-electron chi connectivity index (χ2n) is 5.62. The molecule has 6 nitrogen and oxygen atoms in total. The van der Waals surface area contributed by atoms with Crippen LogP contribution in [0.15, 0.2) is 53.5 Å². The van der Waals surface area contributed by atoms with Crippen molar-refractivity contribution in [2.45, 2.75) is 19.3 Å². The second-order valence-corrected chi connectivity index (χ2v) is 7.25. The van der Waals surface area contributed by atoms with E-state index in [4.69, 9.17) is 0 Å². The van der Waals surface area contributed by atoms with Crippen molar-refractivity contribution in [3.8, 4) is 16.8 Å². The SMILES string of the molecule is CC1=NC(S)N(c2cccc(-c3ccccc3-n3nnnc3C)c2)S1. The summed E-state index contributed by atoms with van der Waals surface area (Å²) in [5.41, 5.74) is 4.00. The first-order valence-electron chi connectivity index (χ1n) is 7.78. The van der Waals surface area contributed by atoms with Gasteiger partial charge in [-0.15, -0.1) is 17.7 Å². The molecule has 0 spiro atoms. The first-order chi connectivity index (χ1) is 12.1. The molecule has 2 aromatic carbocycles. The monoisotopic (exact) mass is 368 g/mol. The van der Waals surface area contributed by atoms with E-state index in [1.807, 2.05) is 38.1 Å². The Labute approximate surface area is 155 Å². The maximum Gasteiger partial charge on any atom is 0.176 e. The topological polar surface area (TPSA) is 59.2 Å². The highest BCUT2D eigenvalue weighted by molar-refractivity contribution is 8.15. The molecule has 0 amide bonds. The number of para-hydroxylation sites is 1. The van der Waals surface area contributed by atoms with Gasteiger partial charge in [0.2, 0.25) is 0 Å². The lowest BCUT2D eigenvalue weighted by molar-refractivity contribution is 0.780. The molecule has 0 aliphatic carbocycles. The summed E-state index contributed by atoms with van der Waals surface area (Å²) in [6.45, 7) is 3.88. The maximum absolute atomic E-state index is 4.55. The van der Waals surface area contributed by atoms with Gasteiger partial charge in [-0.3, -0.25) is 4.31 Å². The molecular formula is C17H16N6S2.